The number of aryl methyl sites for hydroxylation is 1. The predicted octanol–water partition coefficient (Wildman–Crippen LogP) is 3.03. The van der Waals surface area contributed by atoms with Gasteiger partial charge >= 0.3 is 0 Å². The zero-order valence-electron chi connectivity index (χ0n) is 12.1. The molecule has 0 aliphatic heterocycles. The van der Waals surface area contributed by atoms with Gasteiger partial charge in [-0.3, -0.25) is 16.0 Å². The number of rotatable bonds is 8. The molecule has 0 fully saturated rings. The standard InChI is InChI=1S/C15H21BrN4O/c1-2-9-20-15(13(16)11-18-20)14(19-17)8-10-21-12-6-4-3-5-7-12/h3-7,11,14,19H,2,8-10,17H2,1H3. The summed E-state index contributed by atoms with van der Waals surface area (Å²) >= 11 is 3.55. The first-order valence-corrected chi connectivity index (χ1v) is 7.90. The second kappa shape index (κ2) is 8.17. The lowest BCUT2D eigenvalue weighted by Gasteiger charge is -2.18. The van der Waals surface area contributed by atoms with E-state index in [1.165, 1.54) is 0 Å². The Labute approximate surface area is 133 Å². The van der Waals surface area contributed by atoms with Crippen LogP contribution in [0.25, 0.3) is 0 Å². The molecule has 2 aromatic rings. The number of hydrogen-bond donors (Lipinski definition) is 2. The summed E-state index contributed by atoms with van der Waals surface area (Å²) in [6, 6.07) is 9.78. The Bertz CT molecular complexity index is 544. The molecule has 114 valence electrons. The van der Waals surface area contributed by atoms with Crippen molar-refractivity contribution in [2.24, 2.45) is 5.84 Å². The molecule has 0 radical (unpaired) electrons. The van der Waals surface area contributed by atoms with E-state index in [0.717, 1.165) is 35.3 Å². The van der Waals surface area contributed by atoms with Crippen molar-refractivity contribution in [3.63, 3.8) is 0 Å². The summed E-state index contributed by atoms with van der Waals surface area (Å²) in [5.74, 6) is 6.58. The largest absolute Gasteiger partial charge is 0.494 e. The Morgan fingerprint density at radius 1 is 1.38 bits per heavy atom. The Hall–Kier alpha value is -1.37. The van der Waals surface area contributed by atoms with Gasteiger partial charge in [0, 0.05) is 13.0 Å². The van der Waals surface area contributed by atoms with E-state index in [2.05, 4.69) is 33.4 Å². The molecule has 0 saturated carbocycles. The fraction of sp³-hybridized carbons (Fsp3) is 0.400. The van der Waals surface area contributed by atoms with Gasteiger partial charge in [-0.1, -0.05) is 25.1 Å². The van der Waals surface area contributed by atoms with Crippen molar-refractivity contribution in [1.29, 1.82) is 0 Å². The van der Waals surface area contributed by atoms with E-state index in [0.29, 0.717) is 6.61 Å². The third kappa shape index (κ3) is 4.30. The van der Waals surface area contributed by atoms with Crippen LogP contribution >= 0.6 is 15.9 Å². The molecular formula is C15H21BrN4O. The minimum atomic E-state index is -0.00265. The smallest absolute Gasteiger partial charge is 0.119 e. The summed E-state index contributed by atoms with van der Waals surface area (Å²) in [7, 11) is 0. The van der Waals surface area contributed by atoms with Crippen molar-refractivity contribution in [1.82, 2.24) is 15.2 Å². The molecule has 1 heterocycles. The number of aromatic nitrogens is 2. The number of hydrazine groups is 1. The number of para-hydroxylation sites is 1. The number of nitrogens with one attached hydrogen (secondary N) is 1. The monoisotopic (exact) mass is 352 g/mol. The minimum absolute atomic E-state index is 0.00265. The molecule has 0 saturated heterocycles. The molecule has 6 heteroatoms. The van der Waals surface area contributed by atoms with Gasteiger partial charge < -0.3 is 4.74 Å². The third-order valence-corrected chi connectivity index (χ3v) is 3.83. The van der Waals surface area contributed by atoms with Crippen molar-refractivity contribution >= 4 is 15.9 Å². The van der Waals surface area contributed by atoms with Gasteiger partial charge in [-0.25, -0.2) is 0 Å². The van der Waals surface area contributed by atoms with Crippen molar-refractivity contribution < 1.29 is 4.74 Å². The summed E-state index contributed by atoms with van der Waals surface area (Å²) in [6.07, 6.45) is 3.60. The quantitative estimate of drug-likeness (QED) is 0.566. The van der Waals surface area contributed by atoms with E-state index < -0.39 is 0 Å². The van der Waals surface area contributed by atoms with Gasteiger partial charge in [0.25, 0.3) is 0 Å². The van der Waals surface area contributed by atoms with Crippen molar-refractivity contribution in [2.75, 3.05) is 6.61 Å². The Morgan fingerprint density at radius 2 is 2.14 bits per heavy atom. The van der Waals surface area contributed by atoms with Gasteiger partial charge in [-0.15, -0.1) is 0 Å². The minimum Gasteiger partial charge on any atom is -0.494 e. The van der Waals surface area contributed by atoms with Crippen LogP contribution in [-0.2, 0) is 6.54 Å². The van der Waals surface area contributed by atoms with E-state index in [4.69, 9.17) is 10.6 Å². The van der Waals surface area contributed by atoms with Crippen LogP contribution in [0.5, 0.6) is 5.75 Å². The SMILES string of the molecule is CCCn1ncc(Br)c1C(CCOc1ccccc1)NN. The van der Waals surface area contributed by atoms with Crippen LogP contribution in [0.2, 0.25) is 0 Å². The second-order valence-corrected chi connectivity index (χ2v) is 5.62. The second-order valence-electron chi connectivity index (χ2n) is 4.77. The maximum Gasteiger partial charge on any atom is 0.119 e. The maximum atomic E-state index is 5.74. The summed E-state index contributed by atoms with van der Waals surface area (Å²) in [5.41, 5.74) is 3.93. The van der Waals surface area contributed by atoms with Gasteiger partial charge in [0.1, 0.15) is 5.75 Å². The molecule has 1 aromatic carbocycles. The molecule has 0 amide bonds. The van der Waals surface area contributed by atoms with E-state index in [-0.39, 0.29) is 6.04 Å². The molecule has 2 rings (SSSR count). The van der Waals surface area contributed by atoms with Gasteiger partial charge in [-0.05, 0) is 34.5 Å². The molecule has 1 atom stereocenters. The molecule has 0 aliphatic rings. The zero-order chi connectivity index (χ0) is 15.1. The third-order valence-electron chi connectivity index (χ3n) is 3.22. The highest BCUT2D eigenvalue weighted by molar-refractivity contribution is 9.10. The fourth-order valence-corrected chi connectivity index (χ4v) is 2.79. The number of nitrogens with two attached hydrogens (primary N) is 1. The van der Waals surface area contributed by atoms with Gasteiger partial charge in [0.05, 0.1) is 29.0 Å². The maximum absolute atomic E-state index is 5.74. The van der Waals surface area contributed by atoms with E-state index in [9.17, 15) is 0 Å². The van der Waals surface area contributed by atoms with Gasteiger partial charge in [0.15, 0.2) is 0 Å². The summed E-state index contributed by atoms with van der Waals surface area (Å²) in [4.78, 5) is 0. The number of hydrogen-bond acceptors (Lipinski definition) is 4. The van der Waals surface area contributed by atoms with Crippen LogP contribution in [0.15, 0.2) is 41.0 Å². The summed E-state index contributed by atoms with van der Waals surface area (Å²) < 4.78 is 8.69. The highest BCUT2D eigenvalue weighted by atomic mass is 79.9. The normalized spacial score (nSPS) is 12.3. The predicted molar refractivity (Wildman–Crippen MR) is 86.8 cm³/mol. The van der Waals surface area contributed by atoms with Crippen LogP contribution in [0, 0.1) is 0 Å². The Kier molecular flexibility index (Phi) is 6.22. The average molecular weight is 353 g/mol. The lowest BCUT2D eigenvalue weighted by Crippen LogP contribution is -2.31. The van der Waals surface area contributed by atoms with Crippen LogP contribution in [-0.4, -0.2) is 16.4 Å². The molecule has 0 bridgehead atoms. The highest BCUT2D eigenvalue weighted by Gasteiger charge is 2.18. The van der Waals surface area contributed by atoms with E-state index in [1.807, 2.05) is 41.2 Å². The summed E-state index contributed by atoms with van der Waals surface area (Å²) in [5, 5.41) is 4.37. The number of halogens is 1. The van der Waals surface area contributed by atoms with Crippen molar-refractivity contribution in [3.8, 4) is 5.75 Å². The Morgan fingerprint density at radius 3 is 2.81 bits per heavy atom. The molecular weight excluding hydrogens is 332 g/mol. The first-order valence-electron chi connectivity index (χ1n) is 7.11. The van der Waals surface area contributed by atoms with Gasteiger partial charge in [-0.2, -0.15) is 5.10 Å². The van der Waals surface area contributed by atoms with Crippen molar-refractivity contribution in [2.45, 2.75) is 32.4 Å². The van der Waals surface area contributed by atoms with Crippen LogP contribution in [0.4, 0.5) is 0 Å². The van der Waals surface area contributed by atoms with Crippen LogP contribution < -0.4 is 16.0 Å². The molecule has 21 heavy (non-hydrogen) atoms. The lowest BCUT2D eigenvalue weighted by molar-refractivity contribution is 0.282. The fourth-order valence-electron chi connectivity index (χ4n) is 2.22. The first kappa shape index (κ1) is 16.0. The molecule has 0 spiro atoms. The van der Waals surface area contributed by atoms with Crippen LogP contribution in [0.3, 0.4) is 0 Å². The molecule has 1 unspecified atom stereocenters. The molecule has 5 nitrogen and oxygen atoms in total. The first-order chi connectivity index (χ1) is 10.3. The van der Waals surface area contributed by atoms with Gasteiger partial charge in [0.2, 0.25) is 0 Å². The molecule has 0 aliphatic carbocycles. The lowest BCUT2D eigenvalue weighted by atomic mass is 10.1. The molecule has 3 N–H and O–H groups in total. The van der Waals surface area contributed by atoms with Crippen LogP contribution in [0.1, 0.15) is 31.5 Å². The van der Waals surface area contributed by atoms with E-state index in [1.54, 1.807) is 0 Å². The Balaban J connectivity index is 1.98. The zero-order valence-corrected chi connectivity index (χ0v) is 13.7. The highest BCUT2D eigenvalue weighted by Crippen LogP contribution is 2.25. The summed E-state index contributed by atoms with van der Waals surface area (Å²) in [6.45, 7) is 3.59. The topological polar surface area (TPSA) is 65.1 Å². The number of ether oxygens (including phenoxy) is 1. The molecule has 1 aromatic heterocycles. The average Bonchev–Trinajstić information content (AvgIpc) is 2.86. The number of benzene rings is 1. The van der Waals surface area contributed by atoms with E-state index >= 15 is 0 Å². The number of nitrogens with zero attached hydrogens (tertiary/aromatic N) is 2. The van der Waals surface area contributed by atoms with Crippen molar-refractivity contribution in [3.05, 3.63) is 46.7 Å².